The van der Waals surface area contributed by atoms with Gasteiger partial charge in [0.05, 0.1) is 18.1 Å². The van der Waals surface area contributed by atoms with E-state index in [1.165, 1.54) is 25.3 Å². The topological polar surface area (TPSA) is 90.7 Å². The van der Waals surface area contributed by atoms with Crippen molar-refractivity contribution in [3.8, 4) is 11.5 Å². The van der Waals surface area contributed by atoms with Gasteiger partial charge in [-0.05, 0) is 25.1 Å². The highest BCUT2D eigenvalue weighted by atomic mass is 16.6. The SMILES string of the molecule is COc1ccc([N+](=O)[O-])cc1O[C@H](C(=O)Nc1ccc(C)cc1)c1ccccc1. The van der Waals surface area contributed by atoms with E-state index in [1.807, 2.05) is 25.1 Å². The van der Waals surface area contributed by atoms with Crippen LogP contribution in [0.3, 0.4) is 0 Å². The number of aryl methyl sites for hydroxylation is 1. The molecule has 0 saturated heterocycles. The van der Waals surface area contributed by atoms with Crippen LogP contribution in [0.15, 0.2) is 72.8 Å². The first-order valence-corrected chi connectivity index (χ1v) is 8.89. The number of methoxy groups -OCH3 is 1. The summed E-state index contributed by atoms with van der Waals surface area (Å²) in [4.78, 5) is 23.6. The molecule has 1 N–H and O–H groups in total. The zero-order chi connectivity index (χ0) is 20.8. The Kier molecular flexibility index (Phi) is 6.09. The summed E-state index contributed by atoms with van der Waals surface area (Å²) < 4.78 is 11.2. The molecular weight excluding hydrogens is 372 g/mol. The molecule has 7 heteroatoms. The largest absolute Gasteiger partial charge is 0.493 e. The second-order valence-electron chi connectivity index (χ2n) is 6.36. The number of nitro groups is 1. The normalized spacial score (nSPS) is 11.4. The smallest absolute Gasteiger partial charge is 0.273 e. The number of nitrogens with zero attached hydrogens (tertiary/aromatic N) is 1. The first-order valence-electron chi connectivity index (χ1n) is 8.89. The number of nitrogens with one attached hydrogen (secondary N) is 1. The number of carbonyl (C=O) groups excluding carboxylic acids is 1. The monoisotopic (exact) mass is 392 g/mol. The summed E-state index contributed by atoms with van der Waals surface area (Å²) in [6.07, 6.45) is -1.03. The molecule has 0 aliphatic rings. The van der Waals surface area contributed by atoms with E-state index in [4.69, 9.17) is 9.47 Å². The number of non-ortho nitro benzene ring substituents is 1. The summed E-state index contributed by atoms with van der Waals surface area (Å²) >= 11 is 0. The number of anilines is 1. The Hall–Kier alpha value is -3.87. The van der Waals surface area contributed by atoms with Crippen molar-refractivity contribution in [2.45, 2.75) is 13.0 Å². The zero-order valence-electron chi connectivity index (χ0n) is 16.0. The van der Waals surface area contributed by atoms with E-state index in [2.05, 4.69) is 5.32 Å². The molecule has 0 aliphatic carbocycles. The van der Waals surface area contributed by atoms with Gasteiger partial charge >= 0.3 is 0 Å². The molecule has 3 rings (SSSR count). The molecule has 29 heavy (non-hydrogen) atoms. The number of carbonyl (C=O) groups is 1. The van der Waals surface area contributed by atoms with Crippen molar-refractivity contribution in [2.75, 3.05) is 12.4 Å². The Balaban J connectivity index is 1.94. The van der Waals surface area contributed by atoms with Crippen molar-refractivity contribution in [1.82, 2.24) is 0 Å². The molecule has 0 unspecified atom stereocenters. The maximum absolute atomic E-state index is 13.0. The predicted octanol–water partition coefficient (Wildman–Crippen LogP) is 4.67. The van der Waals surface area contributed by atoms with Crippen LogP contribution in [-0.4, -0.2) is 17.9 Å². The fourth-order valence-corrected chi connectivity index (χ4v) is 2.74. The van der Waals surface area contributed by atoms with Gasteiger partial charge in [0.15, 0.2) is 11.5 Å². The molecule has 0 aliphatic heterocycles. The fourth-order valence-electron chi connectivity index (χ4n) is 2.74. The number of ether oxygens (including phenoxy) is 2. The van der Waals surface area contributed by atoms with Crippen molar-refractivity contribution >= 4 is 17.3 Å². The summed E-state index contributed by atoms with van der Waals surface area (Å²) in [5.41, 5.74) is 2.13. The minimum absolute atomic E-state index is 0.106. The Bertz CT molecular complexity index is 1000. The van der Waals surface area contributed by atoms with Crippen molar-refractivity contribution in [2.24, 2.45) is 0 Å². The zero-order valence-corrected chi connectivity index (χ0v) is 16.0. The lowest BCUT2D eigenvalue weighted by Crippen LogP contribution is -2.25. The molecule has 0 fully saturated rings. The standard InChI is InChI=1S/C22H20N2O5/c1-15-8-10-17(11-9-15)23-22(25)21(16-6-4-3-5-7-16)29-20-14-18(24(26)27)12-13-19(20)28-2/h3-14,21H,1-2H3,(H,23,25)/t21-/m0/s1. The first-order chi connectivity index (χ1) is 14.0. The molecule has 0 bridgehead atoms. The van der Waals surface area contributed by atoms with E-state index in [0.29, 0.717) is 17.0 Å². The molecule has 3 aromatic carbocycles. The van der Waals surface area contributed by atoms with Gasteiger partial charge in [-0.15, -0.1) is 0 Å². The van der Waals surface area contributed by atoms with Gasteiger partial charge in [-0.2, -0.15) is 0 Å². The highest BCUT2D eigenvalue weighted by Gasteiger charge is 2.25. The van der Waals surface area contributed by atoms with Crippen LogP contribution in [-0.2, 0) is 4.79 Å². The van der Waals surface area contributed by atoms with Crippen LogP contribution in [0.5, 0.6) is 11.5 Å². The number of nitro benzene ring substituents is 1. The summed E-state index contributed by atoms with van der Waals surface area (Å²) in [7, 11) is 1.43. The van der Waals surface area contributed by atoms with Crippen LogP contribution in [0.2, 0.25) is 0 Å². The van der Waals surface area contributed by atoms with Crippen molar-refractivity contribution in [3.05, 3.63) is 94.0 Å². The lowest BCUT2D eigenvalue weighted by molar-refractivity contribution is -0.385. The third-order valence-corrected chi connectivity index (χ3v) is 4.26. The van der Waals surface area contributed by atoms with Gasteiger partial charge in [0, 0.05) is 17.3 Å². The second-order valence-corrected chi connectivity index (χ2v) is 6.36. The van der Waals surface area contributed by atoms with Gasteiger partial charge in [-0.3, -0.25) is 14.9 Å². The predicted molar refractivity (Wildman–Crippen MR) is 109 cm³/mol. The minimum Gasteiger partial charge on any atom is -0.493 e. The summed E-state index contributed by atoms with van der Waals surface area (Å²) in [6, 6.07) is 20.3. The average Bonchev–Trinajstić information content (AvgIpc) is 2.74. The highest BCUT2D eigenvalue weighted by molar-refractivity contribution is 5.95. The molecule has 0 spiro atoms. The molecule has 0 aromatic heterocycles. The second kappa shape index (κ2) is 8.88. The number of hydrogen-bond acceptors (Lipinski definition) is 5. The van der Waals surface area contributed by atoms with Gasteiger partial charge in [0.25, 0.3) is 11.6 Å². The van der Waals surface area contributed by atoms with Gasteiger partial charge in [-0.1, -0.05) is 48.0 Å². The molecule has 3 aromatic rings. The first kappa shape index (κ1) is 19.9. The Morgan fingerprint density at radius 1 is 1.00 bits per heavy atom. The third-order valence-electron chi connectivity index (χ3n) is 4.26. The number of hydrogen-bond donors (Lipinski definition) is 1. The summed E-state index contributed by atoms with van der Waals surface area (Å²) in [5, 5.41) is 14.0. The van der Waals surface area contributed by atoms with Gasteiger partial charge in [0.1, 0.15) is 0 Å². The van der Waals surface area contributed by atoms with E-state index in [9.17, 15) is 14.9 Å². The van der Waals surface area contributed by atoms with Crippen LogP contribution >= 0.6 is 0 Å². The molecule has 1 amide bonds. The molecule has 148 valence electrons. The number of amides is 1. The van der Waals surface area contributed by atoms with Crippen LogP contribution < -0.4 is 14.8 Å². The lowest BCUT2D eigenvalue weighted by atomic mass is 10.1. The molecule has 0 saturated carbocycles. The Morgan fingerprint density at radius 2 is 1.69 bits per heavy atom. The molecule has 1 atom stereocenters. The fraction of sp³-hybridized carbons (Fsp3) is 0.136. The van der Waals surface area contributed by atoms with Crippen molar-refractivity contribution < 1.29 is 19.2 Å². The van der Waals surface area contributed by atoms with Crippen LogP contribution in [0, 0.1) is 17.0 Å². The molecular formula is C22H20N2O5. The van der Waals surface area contributed by atoms with Crippen LogP contribution in [0.1, 0.15) is 17.2 Å². The average molecular weight is 392 g/mol. The van der Waals surface area contributed by atoms with E-state index in [1.54, 1.807) is 36.4 Å². The molecule has 0 radical (unpaired) electrons. The van der Waals surface area contributed by atoms with Crippen LogP contribution in [0.25, 0.3) is 0 Å². The van der Waals surface area contributed by atoms with Gasteiger partial charge in [-0.25, -0.2) is 0 Å². The van der Waals surface area contributed by atoms with E-state index >= 15 is 0 Å². The quantitative estimate of drug-likeness (QED) is 0.466. The van der Waals surface area contributed by atoms with Gasteiger partial charge < -0.3 is 14.8 Å². The van der Waals surface area contributed by atoms with E-state index < -0.39 is 16.9 Å². The minimum atomic E-state index is -1.03. The third kappa shape index (κ3) is 4.90. The number of benzene rings is 3. The summed E-state index contributed by atoms with van der Waals surface area (Å²) in [6.45, 7) is 1.95. The molecule has 0 heterocycles. The van der Waals surface area contributed by atoms with Crippen molar-refractivity contribution in [3.63, 3.8) is 0 Å². The van der Waals surface area contributed by atoms with Crippen LogP contribution in [0.4, 0.5) is 11.4 Å². The summed E-state index contributed by atoms with van der Waals surface area (Å²) in [5.74, 6) is -0.0112. The van der Waals surface area contributed by atoms with Gasteiger partial charge in [0.2, 0.25) is 6.10 Å². The molecule has 7 nitrogen and oxygen atoms in total. The van der Waals surface area contributed by atoms with E-state index in [0.717, 1.165) is 5.56 Å². The number of rotatable bonds is 7. The van der Waals surface area contributed by atoms with Crippen molar-refractivity contribution in [1.29, 1.82) is 0 Å². The Labute approximate surface area is 168 Å². The maximum atomic E-state index is 13.0. The highest BCUT2D eigenvalue weighted by Crippen LogP contribution is 2.35. The maximum Gasteiger partial charge on any atom is 0.273 e. The lowest BCUT2D eigenvalue weighted by Gasteiger charge is -2.20. The van der Waals surface area contributed by atoms with E-state index in [-0.39, 0.29) is 11.4 Å². The Morgan fingerprint density at radius 3 is 2.31 bits per heavy atom.